The lowest BCUT2D eigenvalue weighted by Gasteiger charge is -2.30. The summed E-state index contributed by atoms with van der Waals surface area (Å²) in [5.41, 5.74) is 0. The van der Waals surface area contributed by atoms with Gasteiger partial charge in [0.2, 0.25) is 0 Å². The molecule has 1 heterocycles. The molecule has 0 aliphatic carbocycles. The summed E-state index contributed by atoms with van der Waals surface area (Å²) in [5.74, 6) is 0. The van der Waals surface area contributed by atoms with Crippen LogP contribution in [0.25, 0.3) is 0 Å². The van der Waals surface area contributed by atoms with Crippen LogP contribution < -0.4 is 5.32 Å². The third kappa shape index (κ3) is 1.73. The van der Waals surface area contributed by atoms with Crippen LogP contribution in [0.1, 0.15) is 13.3 Å². The first-order valence-electron chi connectivity index (χ1n) is 3.89. The highest BCUT2D eigenvalue weighted by Gasteiger charge is 2.21. The van der Waals surface area contributed by atoms with E-state index in [4.69, 9.17) is 0 Å². The molecule has 11 heavy (non-hydrogen) atoms. The monoisotopic (exact) mass is 154 g/mol. The first kappa shape index (κ1) is 8.11. The molecule has 1 aliphatic rings. The number of carbonyl (C=O) groups excluding carboxylic acids is 1. The maximum Gasteiger partial charge on any atom is 0.317 e. The van der Waals surface area contributed by atoms with Crippen molar-refractivity contribution < 1.29 is 4.79 Å². The van der Waals surface area contributed by atoms with Crippen LogP contribution in [0.5, 0.6) is 0 Å². The predicted octanol–water partition coefficient (Wildman–Crippen LogP) is 0.976. The summed E-state index contributed by atoms with van der Waals surface area (Å²) < 4.78 is 0. The van der Waals surface area contributed by atoms with Crippen LogP contribution in [0.4, 0.5) is 4.79 Å². The van der Waals surface area contributed by atoms with Crippen LogP contribution >= 0.6 is 0 Å². The molecule has 0 bridgehead atoms. The molecule has 1 rings (SSSR count). The van der Waals surface area contributed by atoms with Crippen LogP contribution in [0, 0.1) is 0 Å². The van der Waals surface area contributed by atoms with Gasteiger partial charge in [0, 0.05) is 13.6 Å². The minimum atomic E-state index is 0.0272. The first-order chi connectivity index (χ1) is 5.25. The molecule has 0 aromatic carbocycles. The van der Waals surface area contributed by atoms with Crippen molar-refractivity contribution in [2.45, 2.75) is 19.4 Å². The SMILES string of the molecule is C/C=C/C1CCNC(=O)N1C. The summed E-state index contributed by atoms with van der Waals surface area (Å²) in [7, 11) is 1.82. The Labute approximate surface area is 67.1 Å². The van der Waals surface area contributed by atoms with E-state index in [2.05, 4.69) is 11.4 Å². The van der Waals surface area contributed by atoms with Crippen molar-refractivity contribution in [2.24, 2.45) is 0 Å². The number of rotatable bonds is 1. The number of allylic oxidation sites excluding steroid dienone is 1. The van der Waals surface area contributed by atoms with E-state index in [0.717, 1.165) is 13.0 Å². The molecule has 1 aliphatic heterocycles. The molecule has 0 aromatic rings. The van der Waals surface area contributed by atoms with Gasteiger partial charge in [-0.05, 0) is 13.3 Å². The largest absolute Gasteiger partial charge is 0.338 e. The van der Waals surface area contributed by atoms with Crippen LogP contribution in [-0.2, 0) is 0 Å². The predicted molar refractivity (Wildman–Crippen MR) is 44.4 cm³/mol. The van der Waals surface area contributed by atoms with Crippen LogP contribution in [0.15, 0.2) is 12.2 Å². The standard InChI is InChI=1S/C8H14N2O/c1-3-4-7-5-6-9-8(11)10(7)2/h3-4,7H,5-6H2,1-2H3,(H,9,11)/b4-3+. The Morgan fingerprint density at radius 3 is 3.09 bits per heavy atom. The third-order valence-corrected chi connectivity index (χ3v) is 1.95. The van der Waals surface area contributed by atoms with Gasteiger partial charge in [0.05, 0.1) is 6.04 Å². The molecule has 1 fully saturated rings. The highest BCUT2D eigenvalue weighted by molar-refractivity contribution is 5.75. The fraction of sp³-hybridized carbons (Fsp3) is 0.625. The molecule has 0 spiro atoms. The fourth-order valence-electron chi connectivity index (χ4n) is 1.24. The van der Waals surface area contributed by atoms with E-state index in [1.54, 1.807) is 4.90 Å². The smallest absolute Gasteiger partial charge is 0.317 e. The highest BCUT2D eigenvalue weighted by Crippen LogP contribution is 2.07. The zero-order valence-electron chi connectivity index (χ0n) is 7.00. The minimum Gasteiger partial charge on any atom is -0.338 e. The molecule has 0 radical (unpaired) electrons. The molecule has 1 atom stereocenters. The Bertz CT molecular complexity index is 177. The average molecular weight is 154 g/mol. The van der Waals surface area contributed by atoms with E-state index >= 15 is 0 Å². The van der Waals surface area contributed by atoms with E-state index in [-0.39, 0.29) is 12.1 Å². The van der Waals surface area contributed by atoms with Gasteiger partial charge in [-0.15, -0.1) is 0 Å². The Balaban J connectivity index is 2.58. The number of amides is 2. The van der Waals surface area contributed by atoms with Gasteiger partial charge in [-0.2, -0.15) is 0 Å². The number of hydrogen-bond donors (Lipinski definition) is 1. The van der Waals surface area contributed by atoms with Gasteiger partial charge in [0.15, 0.2) is 0 Å². The third-order valence-electron chi connectivity index (χ3n) is 1.95. The summed E-state index contributed by atoms with van der Waals surface area (Å²) in [4.78, 5) is 12.8. The molecule has 1 saturated heterocycles. The number of urea groups is 1. The molecule has 3 heteroatoms. The van der Waals surface area contributed by atoms with E-state index in [0.29, 0.717) is 0 Å². The second-order valence-corrected chi connectivity index (χ2v) is 2.72. The second kappa shape index (κ2) is 3.42. The quantitative estimate of drug-likeness (QED) is 0.561. The van der Waals surface area contributed by atoms with Gasteiger partial charge >= 0.3 is 6.03 Å². The molecule has 3 nitrogen and oxygen atoms in total. The summed E-state index contributed by atoms with van der Waals surface area (Å²) in [5, 5.41) is 2.77. The lowest BCUT2D eigenvalue weighted by atomic mass is 10.1. The number of carbonyl (C=O) groups is 1. The number of likely N-dealkylation sites (N-methyl/N-ethyl adjacent to an activating group) is 1. The average Bonchev–Trinajstić information content (AvgIpc) is 1.99. The number of hydrogen-bond acceptors (Lipinski definition) is 1. The van der Waals surface area contributed by atoms with Crippen molar-refractivity contribution in [2.75, 3.05) is 13.6 Å². The van der Waals surface area contributed by atoms with Crippen LogP contribution in [-0.4, -0.2) is 30.6 Å². The molecule has 0 aromatic heterocycles. The molecular weight excluding hydrogens is 140 g/mol. The maximum atomic E-state index is 11.1. The lowest BCUT2D eigenvalue weighted by Crippen LogP contribution is -2.49. The normalized spacial score (nSPS) is 25.8. The summed E-state index contributed by atoms with van der Waals surface area (Å²) >= 11 is 0. The zero-order chi connectivity index (χ0) is 8.27. The summed E-state index contributed by atoms with van der Waals surface area (Å²) in [6, 6.07) is 0.313. The van der Waals surface area contributed by atoms with E-state index in [9.17, 15) is 4.79 Å². The molecule has 2 amide bonds. The molecular formula is C8H14N2O. The van der Waals surface area contributed by atoms with E-state index < -0.39 is 0 Å². The maximum absolute atomic E-state index is 11.1. The van der Waals surface area contributed by atoms with Crippen LogP contribution in [0.2, 0.25) is 0 Å². The van der Waals surface area contributed by atoms with Crippen molar-refractivity contribution in [3.63, 3.8) is 0 Å². The Morgan fingerprint density at radius 1 is 1.73 bits per heavy atom. The van der Waals surface area contributed by atoms with Crippen molar-refractivity contribution in [1.29, 1.82) is 0 Å². The number of nitrogens with zero attached hydrogens (tertiary/aromatic N) is 1. The van der Waals surface area contributed by atoms with Gasteiger partial charge in [0.25, 0.3) is 0 Å². The Morgan fingerprint density at radius 2 is 2.45 bits per heavy atom. The van der Waals surface area contributed by atoms with Crippen molar-refractivity contribution in [1.82, 2.24) is 10.2 Å². The highest BCUT2D eigenvalue weighted by atomic mass is 16.2. The van der Waals surface area contributed by atoms with Crippen molar-refractivity contribution in [3.05, 3.63) is 12.2 Å². The zero-order valence-corrected chi connectivity index (χ0v) is 7.00. The molecule has 62 valence electrons. The van der Waals surface area contributed by atoms with E-state index in [1.807, 2.05) is 20.0 Å². The molecule has 0 saturated carbocycles. The van der Waals surface area contributed by atoms with Crippen LogP contribution in [0.3, 0.4) is 0 Å². The van der Waals surface area contributed by atoms with Gasteiger partial charge in [-0.25, -0.2) is 4.79 Å². The Kier molecular flexibility index (Phi) is 2.52. The molecule has 1 unspecified atom stereocenters. The summed E-state index contributed by atoms with van der Waals surface area (Å²) in [6.07, 6.45) is 5.05. The van der Waals surface area contributed by atoms with Gasteiger partial charge < -0.3 is 10.2 Å². The van der Waals surface area contributed by atoms with Gasteiger partial charge in [0.1, 0.15) is 0 Å². The Hall–Kier alpha value is -0.990. The first-order valence-corrected chi connectivity index (χ1v) is 3.89. The minimum absolute atomic E-state index is 0.0272. The van der Waals surface area contributed by atoms with Crippen molar-refractivity contribution in [3.8, 4) is 0 Å². The van der Waals surface area contributed by atoms with Gasteiger partial charge in [-0.3, -0.25) is 0 Å². The number of nitrogens with one attached hydrogen (secondary N) is 1. The topological polar surface area (TPSA) is 32.3 Å². The van der Waals surface area contributed by atoms with E-state index in [1.165, 1.54) is 0 Å². The second-order valence-electron chi connectivity index (χ2n) is 2.72. The summed E-state index contributed by atoms with van der Waals surface area (Å²) in [6.45, 7) is 2.76. The van der Waals surface area contributed by atoms with Gasteiger partial charge in [-0.1, -0.05) is 12.2 Å². The fourth-order valence-corrected chi connectivity index (χ4v) is 1.24. The van der Waals surface area contributed by atoms with Crippen molar-refractivity contribution >= 4 is 6.03 Å². The molecule has 1 N–H and O–H groups in total. The lowest BCUT2D eigenvalue weighted by molar-refractivity contribution is 0.184.